The van der Waals surface area contributed by atoms with Crippen molar-refractivity contribution in [2.24, 2.45) is 5.10 Å². The maximum Gasteiger partial charge on any atom is 0.267 e. The lowest BCUT2D eigenvalue weighted by atomic mass is 10.1. The Labute approximate surface area is 143 Å². The summed E-state index contributed by atoms with van der Waals surface area (Å²) in [5.74, 6) is -0.262. The van der Waals surface area contributed by atoms with Gasteiger partial charge in [-0.15, -0.1) is 0 Å². The molecule has 6 nitrogen and oxygen atoms in total. The summed E-state index contributed by atoms with van der Waals surface area (Å²) >= 11 is 0. The Morgan fingerprint density at radius 3 is 2.58 bits per heavy atom. The molecule has 0 radical (unpaired) electrons. The first-order chi connectivity index (χ1) is 11.7. The SMILES string of the molecule is CCN(CC)CCCNC(=O)C1=NN(c2ccccc2)C(=O)CC1. The first-order valence-corrected chi connectivity index (χ1v) is 8.61. The Hall–Kier alpha value is -2.21. The van der Waals surface area contributed by atoms with Crippen LogP contribution in [0.5, 0.6) is 0 Å². The monoisotopic (exact) mass is 330 g/mol. The fourth-order valence-corrected chi connectivity index (χ4v) is 2.63. The molecule has 24 heavy (non-hydrogen) atoms. The average molecular weight is 330 g/mol. The third-order valence-corrected chi connectivity index (χ3v) is 4.13. The summed E-state index contributed by atoms with van der Waals surface area (Å²) in [6.45, 7) is 7.89. The minimum atomic E-state index is -0.178. The number of para-hydroxylation sites is 1. The fourth-order valence-electron chi connectivity index (χ4n) is 2.63. The molecule has 0 saturated carbocycles. The highest BCUT2D eigenvalue weighted by atomic mass is 16.2. The number of rotatable bonds is 8. The molecule has 0 spiro atoms. The molecule has 0 atom stereocenters. The summed E-state index contributed by atoms with van der Waals surface area (Å²) < 4.78 is 0. The van der Waals surface area contributed by atoms with Gasteiger partial charge in [0.1, 0.15) is 5.71 Å². The quantitative estimate of drug-likeness (QED) is 0.742. The van der Waals surface area contributed by atoms with E-state index in [-0.39, 0.29) is 11.8 Å². The molecule has 6 heteroatoms. The number of anilines is 1. The molecular formula is C18H26N4O2. The molecule has 0 aromatic heterocycles. The van der Waals surface area contributed by atoms with Crippen LogP contribution < -0.4 is 10.3 Å². The second-order valence-electron chi connectivity index (χ2n) is 5.72. The van der Waals surface area contributed by atoms with Crippen molar-refractivity contribution < 1.29 is 9.59 Å². The molecule has 0 bridgehead atoms. The number of nitrogens with one attached hydrogen (secondary N) is 1. The van der Waals surface area contributed by atoms with E-state index in [1.807, 2.05) is 30.3 Å². The van der Waals surface area contributed by atoms with Gasteiger partial charge >= 0.3 is 0 Å². The summed E-state index contributed by atoms with van der Waals surface area (Å²) in [5, 5.41) is 8.49. The van der Waals surface area contributed by atoms with Gasteiger partial charge < -0.3 is 10.2 Å². The number of benzene rings is 1. The van der Waals surface area contributed by atoms with Crippen molar-refractivity contribution >= 4 is 23.2 Å². The van der Waals surface area contributed by atoms with E-state index in [2.05, 4.69) is 29.2 Å². The van der Waals surface area contributed by atoms with Crippen LogP contribution in [0.25, 0.3) is 0 Å². The number of carbonyl (C=O) groups excluding carboxylic acids is 2. The lowest BCUT2D eigenvalue weighted by Crippen LogP contribution is -2.40. The molecule has 1 aromatic carbocycles. The largest absolute Gasteiger partial charge is 0.351 e. The van der Waals surface area contributed by atoms with E-state index >= 15 is 0 Å². The minimum absolute atomic E-state index is 0.0840. The molecule has 2 amide bonds. The van der Waals surface area contributed by atoms with Gasteiger partial charge in [-0.05, 0) is 38.2 Å². The Kier molecular flexibility index (Phi) is 6.93. The molecule has 1 aromatic rings. The normalized spacial score (nSPS) is 14.7. The van der Waals surface area contributed by atoms with Crippen LogP contribution in [0.4, 0.5) is 5.69 Å². The lowest BCUT2D eigenvalue weighted by Gasteiger charge is -2.23. The molecule has 0 unspecified atom stereocenters. The summed E-state index contributed by atoms with van der Waals surface area (Å²) in [5.41, 5.74) is 1.11. The molecule has 0 saturated heterocycles. The molecule has 0 aliphatic carbocycles. The van der Waals surface area contributed by atoms with E-state index in [1.54, 1.807) is 0 Å². The topological polar surface area (TPSA) is 65.0 Å². The van der Waals surface area contributed by atoms with E-state index in [4.69, 9.17) is 0 Å². The van der Waals surface area contributed by atoms with Crippen LogP contribution in [0.2, 0.25) is 0 Å². The first-order valence-electron chi connectivity index (χ1n) is 8.61. The van der Waals surface area contributed by atoms with Crippen molar-refractivity contribution in [1.29, 1.82) is 0 Å². The van der Waals surface area contributed by atoms with Crippen LogP contribution >= 0.6 is 0 Å². The third kappa shape index (κ3) is 4.89. The Balaban J connectivity index is 1.90. The van der Waals surface area contributed by atoms with Crippen LogP contribution in [0.3, 0.4) is 0 Å². The predicted molar refractivity (Wildman–Crippen MR) is 96.0 cm³/mol. The fraction of sp³-hybridized carbons (Fsp3) is 0.500. The van der Waals surface area contributed by atoms with Crippen LogP contribution in [0.1, 0.15) is 33.1 Å². The van der Waals surface area contributed by atoms with Crippen LogP contribution in [0.15, 0.2) is 35.4 Å². The van der Waals surface area contributed by atoms with E-state index in [0.717, 1.165) is 26.1 Å². The van der Waals surface area contributed by atoms with Gasteiger partial charge in [0.05, 0.1) is 5.69 Å². The number of hydrogen-bond acceptors (Lipinski definition) is 4. The van der Waals surface area contributed by atoms with Crippen molar-refractivity contribution in [2.75, 3.05) is 31.2 Å². The molecule has 130 valence electrons. The molecule has 2 rings (SSSR count). The average Bonchev–Trinajstić information content (AvgIpc) is 2.63. The molecule has 1 heterocycles. The van der Waals surface area contributed by atoms with Crippen LogP contribution in [0, 0.1) is 0 Å². The zero-order valence-electron chi connectivity index (χ0n) is 14.5. The van der Waals surface area contributed by atoms with Crippen LogP contribution in [-0.2, 0) is 9.59 Å². The standard InChI is InChI=1S/C18H26N4O2/c1-3-21(4-2)14-8-13-19-18(24)16-11-12-17(23)22(20-16)15-9-6-5-7-10-15/h5-7,9-10H,3-4,8,11-14H2,1-2H3,(H,19,24). The summed E-state index contributed by atoms with van der Waals surface area (Å²) in [6.07, 6.45) is 1.60. The molecule has 1 aliphatic rings. The molecule has 1 N–H and O–H groups in total. The second-order valence-corrected chi connectivity index (χ2v) is 5.72. The number of carbonyl (C=O) groups is 2. The van der Waals surface area contributed by atoms with Gasteiger partial charge in [-0.3, -0.25) is 9.59 Å². The van der Waals surface area contributed by atoms with Gasteiger partial charge in [0, 0.05) is 19.4 Å². The van der Waals surface area contributed by atoms with Gasteiger partial charge in [0.25, 0.3) is 5.91 Å². The maximum atomic E-state index is 12.3. The smallest absolute Gasteiger partial charge is 0.267 e. The Morgan fingerprint density at radius 1 is 1.21 bits per heavy atom. The van der Waals surface area contributed by atoms with Gasteiger partial charge in [0.15, 0.2) is 0 Å². The number of hydrazone groups is 1. The van der Waals surface area contributed by atoms with Gasteiger partial charge in [-0.1, -0.05) is 32.0 Å². The minimum Gasteiger partial charge on any atom is -0.351 e. The Bertz CT molecular complexity index is 582. The highest BCUT2D eigenvalue weighted by Crippen LogP contribution is 2.19. The van der Waals surface area contributed by atoms with Crippen molar-refractivity contribution in [1.82, 2.24) is 10.2 Å². The second kappa shape index (κ2) is 9.17. The number of hydrogen-bond donors (Lipinski definition) is 1. The number of nitrogens with zero attached hydrogens (tertiary/aromatic N) is 3. The van der Waals surface area contributed by atoms with Crippen LogP contribution in [-0.4, -0.2) is 48.6 Å². The summed E-state index contributed by atoms with van der Waals surface area (Å²) in [6, 6.07) is 9.20. The lowest BCUT2D eigenvalue weighted by molar-refractivity contribution is -0.118. The van der Waals surface area contributed by atoms with E-state index in [1.165, 1.54) is 5.01 Å². The summed E-state index contributed by atoms with van der Waals surface area (Å²) in [7, 11) is 0. The Morgan fingerprint density at radius 2 is 1.92 bits per heavy atom. The van der Waals surface area contributed by atoms with Crippen molar-refractivity contribution in [2.45, 2.75) is 33.1 Å². The van der Waals surface area contributed by atoms with Crippen molar-refractivity contribution in [3.05, 3.63) is 30.3 Å². The van der Waals surface area contributed by atoms with E-state index in [0.29, 0.717) is 30.8 Å². The zero-order valence-corrected chi connectivity index (χ0v) is 14.5. The van der Waals surface area contributed by atoms with Crippen molar-refractivity contribution in [3.63, 3.8) is 0 Å². The van der Waals surface area contributed by atoms with Gasteiger partial charge in [0.2, 0.25) is 5.91 Å². The summed E-state index contributed by atoms with van der Waals surface area (Å²) in [4.78, 5) is 26.6. The molecular weight excluding hydrogens is 304 g/mol. The third-order valence-electron chi connectivity index (χ3n) is 4.13. The van der Waals surface area contributed by atoms with Crippen molar-refractivity contribution in [3.8, 4) is 0 Å². The zero-order chi connectivity index (χ0) is 17.4. The predicted octanol–water partition coefficient (Wildman–Crippen LogP) is 2.02. The van der Waals surface area contributed by atoms with Gasteiger partial charge in [-0.2, -0.15) is 5.10 Å². The van der Waals surface area contributed by atoms with E-state index < -0.39 is 0 Å². The first kappa shape index (κ1) is 18.1. The number of amides is 2. The van der Waals surface area contributed by atoms with E-state index in [9.17, 15) is 9.59 Å². The molecule has 0 fully saturated rings. The highest BCUT2D eigenvalue weighted by Gasteiger charge is 2.25. The van der Waals surface area contributed by atoms with Gasteiger partial charge in [-0.25, -0.2) is 5.01 Å². The highest BCUT2D eigenvalue weighted by molar-refractivity contribution is 6.40. The maximum absolute atomic E-state index is 12.3. The molecule has 1 aliphatic heterocycles.